The molecule has 0 bridgehead atoms. The molecule has 0 saturated carbocycles. The lowest BCUT2D eigenvalue weighted by atomic mass is 9.93. The summed E-state index contributed by atoms with van der Waals surface area (Å²) in [4.78, 5) is 12.3. The summed E-state index contributed by atoms with van der Waals surface area (Å²) in [6.07, 6.45) is 6.58. The zero-order valence-corrected chi connectivity index (χ0v) is 12.4. The van der Waals surface area contributed by atoms with E-state index in [0.717, 1.165) is 31.4 Å². The smallest absolute Gasteiger partial charge is 0.180 e. The summed E-state index contributed by atoms with van der Waals surface area (Å²) < 4.78 is 1.81. The van der Waals surface area contributed by atoms with Gasteiger partial charge in [0.1, 0.15) is 5.69 Å². The van der Waals surface area contributed by atoms with Crippen molar-refractivity contribution in [3.05, 3.63) is 18.0 Å². The summed E-state index contributed by atoms with van der Waals surface area (Å²) in [7, 11) is 0. The Hall–Kier alpha value is -1.16. The number of hydrogen-bond acceptors (Lipinski definition) is 3. The first kappa shape index (κ1) is 15.9. The minimum atomic E-state index is 0.198. The highest BCUT2D eigenvalue weighted by Gasteiger charge is 2.16. The lowest BCUT2D eigenvalue weighted by Gasteiger charge is -2.15. The Bertz CT molecular complexity index is 378. The van der Waals surface area contributed by atoms with Crippen LogP contribution < -0.4 is 5.73 Å². The number of hydrogen-bond donors (Lipinski definition) is 1. The van der Waals surface area contributed by atoms with E-state index in [4.69, 9.17) is 5.73 Å². The van der Waals surface area contributed by atoms with Crippen LogP contribution in [0.3, 0.4) is 0 Å². The molecule has 1 rings (SSSR count). The summed E-state index contributed by atoms with van der Waals surface area (Å²) in [5, 5.41) is 4.21. The molecule has 1 aromatic rings. The highest BCUT2D eigenvalue weighted by molar-refractivity contribution is 5.94. The predicted molar refractivity (Wildman–Crippen MR) is 78.2 cm³/mol. The Morgan fingerprint density at radius 3 is 2.68 bits per heavy atom. The van der Waals surface area contributed by atoms with Gasteiger partial charge in [-0.2, -0.15) is 5.10 Å². The molecular weight excluding hydrogens is 238 g/mol. The summed E-state index contributed by atoms with van der Waals surface area (Å²) >= 11 is 0. The average Bonchev–Trinajstić information content (AvgIpc) is 2.85. The van der Waals surface area contributed by atoms with Crippen LogP contribution in [0, 0.1) is 5.92 Å². The molecule has 0 aliphatic heterocycles. The first-order valence-electron chi connectivity index (χ1n) is 7.36. The molecule has 0 radical (unpaired) electrons. The zero-order chi connectivity index (χ0) is 14.3. The summed E-state index contributed by atoms with van der Waals surface area (Å²) in [6, 6.07) is 2.05. The lowest BCUT2D eigenvalue weighted by Crippen LogP contribution is -2.15. The molecule has 19 heavy (non-hydrogen) atoms. The molecule has 0 amide bonds. The van der Waals surface area contributed by atoms with Crippen LogP contribution in [0.25, 0.3) is 0 Å². The van der Waals surface area contributed by atoms with Gasteiger partial charge in [-0.05, 0) is 45.2 Å². The van der Waals surface area contributed by atoms with Crippen LogP contribution in [0.1, 0.15) is 69.4 Å². The van der Waals surface area contributed by atoms with Crippen molar-refractivity contribution in [2.45, 2.75) is 58.9 Å². The van der Waals surface area contributed by atoms with Gasteiger partial charge in [0.05, 0.1) is 0 Å². The number of nitrogens with two attached hydrogens (primary N) is 1. The highest BCUT2D eigenvalue weighted by atomic mass is 16.1. The highest BCUT2D eigenvalue weighted by Crippen LogP contribution is 2.19. The molecule has 2 N–H and O–H groups in total. The van der Waals surface area contributed by atoms with E-state index >= 15 is 0 Å². The molecule has 1 unspecified atom stereocenters. The molecule has 0 aliphatic carbocycles. The second-order valence-corrected chi connectivity index (χ2v) is 5.45. The Balaban J connectivity index is 2.56. The maximum atomic E-state index is 12.3. The van der Waals surface area contributed by atoms with Crippen molar-refractivity contribution in [3.63, 3.8) is 0 Å². The SMILES string of the molecule is CCCC(CCN)CCC(=O)c1ccnn1C(C)C. The lowest BCUT2D eigenvalue weighted by molar-refractivity contribution is 0.0960. The topological polar surface area (TPSA) is 60.9 Å². The van der Waals surface area contributed by atoms with Crippen LogP contribution in [0.5, 0.6) is 0 Å². The number of rotatable bonds is 9. The summed E-state index contributed by atoms with van der Waals surface area (Å²) in [5.74, 6) is 0.777. The van der Waals surface area contributed by atoms with Crippen molar-refractivity contribution < 1.29 is 4.79 Å². The van der Waals surface area contributed by atoms with Crippen LogP contribution in [0.15, 0.2) is 12.3 Å². The van der Waals surface area contributed by atoms with Crippen LogP contribution in [-0.2, 0) is 0 Å². The van der Waals surface area contributed by atoms with Gasteiger partial charge in [0.2, 0.25) is 0 Å². The van der Waals surface area contributed by atoms with E-state index in [0.29, 0.717) is 18.9 Å². The quantitative estimate of drug-likeness (QED) is 0.697. The maximum Gasteiger partial charge on any atom is 0.180 e. The minimum absolute atomic E-state index is 0.198. The molecule has 108 valence electrons. The third-order valence-electron chi connectivity index (χ3n) is 3.50. The van der Waals surface area contributed by atoms with Gasteiger partial charge in [0, 0.05) is 18.7 Å². The maximum absolute atomic E-state index is 12.3. The molecule has 1 atom stereocenters. The normalized spacial score (nSPS) is 12.9. The van der Waals surface area contributed by atoms with E-state index in [1.807, 2.05) is 19.9 Å². The van der Waals surface area contributed by atoms with E-state index in [-0.39, 0.29) is 11.8 Å². The van der Waals surface area contributed by atoms with E-state index in [2.05, 4.69) is 12.0 Å². The molecule has 4 nitrogen and oxygen atoms in total. The molecule has 0 fully saturated rings. The van der Waals surface area contributed by atoms with Crippen LogP contribution in [-0.4, -0.2) is 22.1 Å². The number of aromatic nitrogens is 2. The standard InChI is InChI=1S/C15H27N3O/c1-4-5-13(8-10-16)6-7-15(19)14-9-11-17-18(14)12(2)3/h9,11-13H,4-8,10,16H2,1-3H3. The Kier molecular flexibility index (Phi) is 6.78. The minimum Gasteiger partial charge on any atom is -0.330 e. The van der Waals surface area contributed by atoms with Crippen molar-refractivity contribution in [1.29, 1.82) is 0 Å². The molecule has 0 aromatic carbocycles. The third kappa shape index (κ3) is 4.78. The van der Waals surface area contributed by atoms with Crippen LogP contribution in [0.2, 0.25) is 0 Å². The molecule has 1 heterocycles. The summed E-state index contributed by atoms with van der Waals surface area (Å²) in [5.41, 5.74) is 6.36. The summed E-state index contributed by atoms with van der Waals surface area (Å²) in [6.45, 7) is 6.97. The number of Topliss-reactive ketones (excluding diaryl/α,β-unsaturated/α-hetero) is 1. The molecule has 0 saturated heterocycles. The van der Waals surface area contributed by atoms with Gasteiger partial charge in [-0.1, -0.05) is 19.8 Å². The fraction of sp³-hybridized carbons (Fsp3) is 0.733. The van der Waals surface area contributed by atoms with Gasteiger partial charge in [0.25, 0.3) is 0 Å². The van der Waals surface area contributed by atoms with Gasteiger partial charge in [0.15, 0.2) is 5.78 Å². The molecule has 0 spiro atoms. The predicted octanol–water partition coefficient (Wildman–Crippen LogP) is 3.19. The van der Waals surface area contributed by atoms with Gasteiger partial charge >= 0.3 is 0 Å². The Labute approximate surface area is 116 Å². The monoisotopic (exact) mass is 265 g/mol. The average molecular weight is 265 g/mol. The van der Waals surface area contributed by atoms with Crippen molar-refractivity contribution >= 4 is 5.78 Å². The first-order chi connectivity index (χ1) is 9.10. The molecule has 0 aliphatic rings. The zero-order valence-electron chi connectivity index (χ0n) is 12.4. The molecule has 4 heteroatoms. The number of ketones is 1. The number of nitrogens with zero attached hydrogens (tertiary/aromatic N) is 2. The van der Waals surface area contributed by atoms with E-state index in [1.165, 1.54) is 0 Å². The first-order valence-corrected chi connectivity index (χ1v) is 7.36. The second kappa shape index (κ2) is 8.10. The third-order valence-corrected chi connectivity index (χ3v) is 3.50. The molecule has 1 aromatic heterocycles. The van der Waals surface area contributed by atoms with E-state index < -0.39 is 0 Å². The van der Waals surface area contributed by atoms with Crippen LogP contribution >= 0.6 is 0 Å². The van der Waals surface area contributed by atoms with Gasteiger partial charge in [-0.25, -0.2) is 0 Å². The Morgan fingerprint density at radius 1 is 1.37 bits per heavy atom. The van der Waals surface area contributed by atoms with Crippen molar-refractivity contribution in [1.82, 2.24) is 9.78 Å². The van der Waals surface area contributed by atoms with E-state index in [1.54, 1.807) is 10.9 Å². The van der Waals surface area contributed by atoms with Gasteiger partial charge < -0.3 is 5.73 Å². The molecular formula is C15H27N3O. The fourth-order valence-corrected chi connectivity index (χ4v) is 2.49. The van der Waals surface area contributed by atoms with Gasteiger partial charge in [-0.3, -0.25) is 9.48 Å². The van der Waals surface area contributed by atoms with E-state index in [9.17, 15) is 4.79 Å². The van der Waals surface area contributed by atoms with Crippen molar-refractivity contribution in [2.75, 3.05) is 6.54 Å². The fourth-order valence-electron chi connectivity index (χ4n) is 2.49. The van der Waals surface area contributed by atoms with Crippen LogP contribution in [0.4, 0.5) is 0 Å². The number of carbonyl (C=O) groups is 1. The van der Waals surface area contributed by atoms with Gasteiger partial charge in [-0.15, -0.1) is 0 Å². The largest absolute Gasteiger partial charge is 0.330 e. The second-order valence-electron chi connectivity index (χ2n) is 5.45. The Morgan fingerprint density at radius 2 is 2.11 bits per heavy atom. The van der Waals surface area contributed by atoms with Crippen molar-refractivity contribution in [3.8, 4) is 0 Å². The van der Waals surface area contributed by atoms with Crippen molar-refractivity contribution in [2.24, 2.45) is 11.7 Å². The number of carbonyl (C=O) groups excluding carboxylic acids is 1.